The first-order valence-electron chi connectivity index (χ1n) is 4.46. The number of ether oxygens (including phenoxy) is 1. The van der Waals surface area contributed by atoms with Gasteiger partial charge in [-0.15, -0.1) is 0 Å². The van der Waals surface area contributed by atoms with Crippen molar-refractivity contribution in [2.75, 3.05) is 13.2 Å². The molecule has 0 fully saturated rings. The summed E-state index contributed by atoms with van der Waals surface area (Å²) in [6.07, 6.45) is 6.14. The van der Waals surface area contributed by atoms with Crippen LogP contribution in [-0.4, -0.2) is 31.4 Å². The van der Waals surface area contributed by atoms with Crippen molar-refractivity contribution in [3.63, 3.8) is 0 Å². The summed E-state index contributed by atoms with van der Waals surface area (Å²) >= 11 is 0. The van der Waals surface area contributed by atoms with E-state index in [0.29, 0.717) is 25.8 Å². The maximum absolute atomic E-state index is 10.1. The highest BCUT2D eigenvalue weighted by atomic mass is 16.5. The van der Waals surface area contributed by atoms with Crippen molar-refractivity contribution in [1.29, 1.82) is 5.26 Å². The van der Waals surface area contributed by atoms with Gasteiger partial charge in [0.2, 0.25) is 12.2 Å². The van der Waals surface area contributed by atoms with Crippen LogP contribution in [0.15, 0.2) is 9.98 Å². The van der Waals surface area contributed by atoms with E-state index in [-0.39, 0.29) is 12.6 Å². The Balaban J connectivity index is 3.78. The van der Waals surface area contributed by atoms with Gasteiger partial charge < -0.3 is 4.74 Å². The number of hydrogen-bond donors (Lipinski definition) is 0. The molecule has 0 bridgehead atoms. The van der Waals surface area contributed by atoms with Gasteiger partial charge in [0.1, 0.15) is 6.61 Å². The van der Waals surface area contributed by atoms with Crippen LogP contribution in [0, 0.1) is 11.5 Å². The zero-order valence-corrected chi connectivity index (χ0v) is 8.18. The Morgan fingerprint density at radius 2 is 2.07 bits per heavy atom. The van der Waals surface area contributed by atoms with Crippen LogP contribution >= 0.6 is 0 Å². The third kappa shape index (κ3) is 8.38. The fraction of sp³-hybridized carbons (Fsp3) is 0.667. The average Bonchev–Trinajstić information content (AvgIpc) is 2.24. The molecule has 0 aliphatic heterocycles. The fourth-order valence-corrected chi connectivity index (χ4v) is 1.04. The SMILES string of the molecule is N#COCCC(CCCN=C=O)N=C=O. The highest BCUT2D eigenvalue weighted by Gasteiger charge is 2.06. The number of nitriles is 1. The molecule has 0 aliphatic carbocycles. The molecule has 0 amide bonds. The number of aliphatic imine (C=N–C) groups is 2. The summed E-state index contributed by atoms with van der Waals surface area (Å²) in [7, 11) is 0. The van der Waals surface area contributed by atoms with Gasteiger partial charge in [-0.2, -0.15) is 5.26 Å². The molecule has 15 heavy (non-hydrogen) atoms. The van der Waals surface area contributed by atoms with Gasteiger partial charge in [0.15, 0.2) is 0 Å². The van der Waals surface area contributed by atoms with Gasteiger partial charge in [-0.25, -0.2) is 19.6 Å². The van der Waals surface area contributed by atoms with E-state index in [0.717, 1.165) is 0 Å². The molecule has 0 saturated heterocycles. The van der Waals surface area contributed by atoms with Crippen LogP contribution in [0.1, 0.15) is 19.3 Å². The van der Waals surface area contributed by atoms with Crippen LogP contribution in [0.25, 0.3) is 0 Å². The van der Waals surface area contributed by atoms with Crippen molar-refractivity contribution >= 4 is 12.2 Å². The molecule has 0 aromatic heterocycles. The molecule has 0 N–H and O–H groups in total. The van der Waals surface area contributed by atoms with Gasteiger partial charge in [0.05, 0.1) is 12.6 Å². The molecular formula is C9H11N3O3. The molecule has 1 unspecified atom stereocenters. The topological polar surface area (TPSA) is 91.9 Å². The van der Waals surface area contributed by atoms with E-state index in [4.69, 9.17) is 5.26 Å². The van der Waals surface area contributed by atoms with Gasteiger partial charge in [-0.3, -0.25) is 0 Å². The van der Waals surface area contributed by atoms with E-state index in [1.165, 1.54) is 18.4 Å². The summed E-state index contributed by atoms with van der Waals surface area (Å²) in [4.78, 5) is 26.7. The molecule has 6 nitrogen and oxygen atoms in total. The minimum atomic E-state index is -0.224. The number of hydrogen-bond acceptors (Lipinski definition) is 6. The maximum atomic E-state index is 10.1. The van der Waals surface area contributed by atoms with E-state index >= 15 is 0 Å². The first-order valence-corrected chi connectivity index (χ1v) is 4.46. The Bertz CT molecular complexity index is 298. The number of rotatable bonds is 8. The maximum Gasteiger partial charge on any atom is 0.286 e. The molecule has 0 radical (unpaired) electrons. The highest BCUT2D eigenvalue weighted by Crippen LogP contribution is 2.06. The Morgan fingerprint density at radius 3 is 2.67 bits per heavy atom. The minimum absolute atomic E-state index is 0.224. The monoisotopic (exact) mass is 209 g/mol. The van der Waals surface area contributed by atoms with Crippen LogP contribution in [0.4, 0.5) is 0 Å². The number of isocyanates is 2. The second-order valence-corrected chi connectivity index (χ2v) is 2.72. The molecule has 0 heterocycles. The van der Waals surface area contributed by atoms with E-state index < -0.39 is 0 Å². The zero-order chi connectivity index (χ0) is 11.4. The highest BCUT2D eigenvalue weighted by molar-refractivity contribution is 5.33. The molecule has 0 aromatic carbocycles. The predicted octanol–water partition coefficient (Wildman–Crippen LogP) is 0.695. The summed E-state index contributed by atoms with van der Waals surface area (Å²) in [6.45, 7) is 0.594. The van der Waals surface area contributed by atoms with Crippen LogP contribution in [-0.2, 0) is 14.3 Å². The van der Waals surface area contributed by atoms with Gasteiger partial charge in [0, 0.05) is 6.42 Å². The molecule has 0 spiro atoms. The molecule has 80 valence electrons. The Kier molecular flexibility index (Phi) is 8.82. The fourth-order valence-electron chi connectivity index (χ4n) is 1.04. The summed E-state index contributed by atoms with van der Waals surface area (Å²) < 4.78 is 4.47. The van der Waals surface area contributed by atoms with E-state index in [2.05, 4.69) is 14.7 Å². The second-order valence-electron chi connectivity index (χ2n) is 2.72. The smallest absolute Gasteiger partial charge is 0.286 e. The Morgan fingerprint density at radius 1 is 1.27 bits per heavy atom. The third-order valence-electron chi connectivity index (χ3n) is 1.72. The van der Waals surface area contributed by atoms with Gasteiger partial charge >= 0.3 is 0 Å². The summed E-state index contributed by atoms with van der Waals surface area (Å²) in [5.41, 5.74) is 0. The molecule has 0 rings (SSSR count). The lowest BCUT2D eigenvalue weighted by Crippen LogP contribution is -2.08. The van der Waals surface area contributed by atoms with Crippen molar-refractivity contribution in [1.82, 2.24) is 0 Å². The number of nitrogens with zero attached hydrogens (tertiary/aromatic N) is 3. The zero-order valence-electron chi connectivity index (χ0n) is 8.18. The third-order valence-corrected chi connectivity index (χ3v) is 1.72. The molecule has 0 aliphatic rings. The predicted molar refractivity (Wildman–Crippen MR) is 50.3 cm³/mol. The number of carbonyl (C=O) groups excluding carboxylic acids is 2. The minimum Gasteiger partial charge on any atom is -0.427 e. The van der Waals surface area contributed by atoms with Crippen molar-refractivity contribution in [2.24, 2.45) is 9.98 Å². The normalized spacial score (nSPS) is 10.3. The van der Waals surface area contributed by atoms with E-state index in [1.807, 2.05) is 0 Å². The Labute approximate surface area is 87.3 Å². The molecule has 0 saturated carbocycles. The van der Waals surface area contributed by atoms with Crippen LogP contribution < -0.4 is 0 Å². The molecular weight excluding hydrogens is 198 g/mol. The standard InChI is InChI=1S/C9H11N3O3/c10-6-15-5-3-9(12-8-14)2-1-4-11-7-13/h9H,1-5H2. The van der Waals surface area contributed by atoms with Gasteiger partial charge in [-0.05, 0) is 12.8 Å². The largest absolute Gasteiger partial charge is 0.427 e. The first-order chi connectivity index (χ1) is 7.35. The summed E-state index contributed by atoms with van der Waals surface area (Å²) in [6, 6.07) is -0.224. The molecule has 1 atom stereocenters. The lowest BCUT2D eigenvalue weighted by molar-refractivity contribution is 0.252. The summed E-state index contributed by atoms with van der Waals surface area (Å²) in [5, 5.41) is 8.12. The molecule has 0 aromatic rings. The lowest BCUT2D eigenvalue weighted by atomic mass is 10.1. The van der Waals surface area contributed by atoms with Gasteiger partial charge in [-0.1, -0.05) is 0 Å². The van der Waals surface area contributed by atoms with Crippen LogP contribution in [0.2, 0.25) is 0 Å². The van der Waals surface area contributed by atoms with E-state index in [9.17, 15) is 9.59 Å². The van der Waals surface area contributed by atoms with Crippen LogP contribution in [0.3, 0.4) is 0 Å². The second kappa shape index (κ2) is 10.1. The molecule has 6 heteroatoms. The Hall–Kier alpha value is -1.95. The van der Waals surface area contributed by atoms with Crippen molar-refractivity contribution in [3.8, 4) is 6.26 Å². The summed E-state index contributed by atoms with van der Waals surface area (Å²) in [5.74, 6) is 0. The van der Waals surface area contributed by atoms with Crippen LogP contribution in [0.5, 0.6) is 0 Å². The van der Waals surface area contributed by atoms with E-state index in [1.54, 1.807) is 0 Å². The average molecular weight is 209 g/mol. The lowest BCUT2D eigenvalue weighted by Gasteiger charge is -2.07. The van der Waals surface area contributed by atoms with Crippen molar-refractivity contribution < 1.29 is 14.3 Å². The quantitative estimate of drug-likeness (QED) is 0.254. The first kappa shape index (κ1) is 13.1. The van der Waals surface area contributed by atoms with Gasteiger partial charge in [0.25, 0.3) is 6.26 Å². The van der Waals surface area contributed by atoms with Crippen molar-refractivity contribution in [2.45, 2.75) is 25.3 Å². The van der Waals surface area contributed by atoms with Crippen molar-refractivity contribution in [3.05, 3.63) is 0 Å².